The molecule has 1 N–H and O–H groups in total. The number of nitrogens with one attached hydrogen (secondary N) is 1. The van der Waals surface area contributed by atoms with E-state index in [1.165, 1.54) is 0 Å². The number of furan rings is 1. The second-order valence-corrected chi connectivity index (χ2v) is 3.77. The fraction of sp³-hybridized carbons (Fsp3) is 0.286. The minimum atomic E-state index is 0.755. The van der Waals surface area contributed by atoms with E-state index in [1.807, 2.05) is 30.3 Å². The van der Waals surface area contributed by atoms with Crippen LogP contribution in [0.5, 0.6) is 5.75 Å². The summed E-state index contributed by atoms with van der Waals surface area (Å²) in [5.74, 6) is 1.84. The van der Waals surface area contributed by atoms with Crippen LogP contribution in [0.2, 0.25) is 0 Å². The molecule has 0 aliphatic heterocycles. The zero-order valence-electron chi connectivity index (χ0n) is 10.2. The molecule has 0 radical (unpaired) electrons. The van der Waals surface area contributed by atoms with Gasteiger partial charge in [-0.1, -0.05) is 19.1 Å². The normalized spacial score (nSPS) is 10.5. The SMILES string of the molecule is CCNCc1occc1-c1ccc(OC)cc1. The lowest BCUT2D eigenvalue weighted by atomic mass is 10.1. The minimum absolute atomic E-state index is 0.755. The Morgan fingerprint density at radius 3 is 2.59 bits per heavy atom. The van der Waals surface area contributed by atoms with Crippen LogP contribution < -0.4 is 10.1 Å². The molecular weight excluding hydrogens is 214 g/mol. The van der Waals surface area contributed by atoms with E-state index in [4.69, 9.17) is 9.15 Å². The third kappa shape index (κ3) is 2.68. The molecule has 0 aliphatic rings. The van der Waals surface area contributed by atoms with Gasteiger partial charge in [0, 0.05) is 5.56 Å². The highest BCUT2D eigenvalue weighted by atomic mass is 16.5. The lowest BCUT2D eigenvalue weighted by molar-refractivity contribution is 0.415. The fourth-order valence-corrected chi connectivity index (χ4v) is 1.74. The minimum Gasteiger partial charge on any atom is -0.497 e. The van der Waals surface area contributed by atoms with Crippen molar-refractivity contribution in [2.75, 3.05) is 13.7 Å². The van der Waals surface area contributed by atoms with Gasteiger partial charge in [-0.3, -0.25) is 0 Å². The van der Waals surface area contributed by atoms with Crippen molar-refractivity contribution in [3.8, 4) is 16.9 Å². The second kappa shape index (κ2) is 5.55. The summed E-state index contributed by atoms with van der Waals surface area (Å²) in [6.45, 7) is 3.77. The molecule has 0 bridgehead atoms. The van der Waals surface area contributed by atoms with Gasteiger partial charge in [-0.25, -0.2) is 0 Å². The van der Waals surface area contributed by atoms with E-state index >= 15 is 0 Å². The van der Waals surface area contributed by atoms with Crippen molar-refractivity contribution in [1.29, 1.82) is 0 Å². The molecule has 1 aromatic carbocycles. The Morgan fingerprint density at radius 2 is 1.94 bits per heavy atom. The number of hydrogen-bond acceptors (Lipinski definition) is 3. The average Bonchev–Trinajstić information content (AvgIpc) is 2.84. The lowest BCUT2D eigenvalue weighted by Gasteiger charge is -2.04. The van der Waals surface area contributed by atoms with E-state index < -0.39 is 0 Å². The van der Waals surface area contributed by atoms with E-state index in [0.29, 0.717) is 0 Å². The van der Waals surface area contributed by atoms with Crippen molar-refractivity contribution >= 4 is 0 Å². The molecule has 1 aromatic heterocycles. The third-order valence-corrected chi connectivity index (χ3v) is 2.68. The second-order valence-electron chi connectivity index (χ2n) is 3.77. The number of benzene rings is 1. The van der Waals surface area contributed by atoms with Gasteiger partial charge in [0.1, 0.15) is 11.5 Å². The summed E-state index contributed by atoms with van der Waals surface area (Å²) in [6.07, 6.45) is 1.73. The van der Waals surface area contributed by atoms with Crippen LogP contribution in [0.3, 0.4) is 0 Å². The lowest BCUT2D eigenvalue weighted by Crippen LogP contribution is -2.11. The molecule has 3 nitrogen and oxygen atoms in total. The van der Waals surface area contributed by atoms with Crippen molar-refractivity contribution in [3.05, 3.63) is 42.4 Å². The van der Waals surface area contributed by atoms with Gasteiger partial charge in [-0.05, 0) is 30.3 Å². The number of rotatable bonds is 5. The third-order valence-electron chi connectivity index (χ3n) is 2.68. The molecule has 1 heterocycles. The Labute approximate surface area is 101 Å². The van der Waals surface area contributed by atoms with Gasteiger partial charge in [0.15, 0.2) is 0 Å². The van der Waals surface area contributed by atoms with E-state index in [9.17, 15) is 0 Å². The highest BCUT2D eigenvalue weighted by Gasteiger charge is 2.07. The van der Waals surface area contributed by atoms with E-state index in [0.717, 1.165) is 35.7 Å². The Kier molecular flexibility index (Phi) is 3.83. The van der Waals surface area contributed by atoms with Gasteiger partial charge in [-0.15, -0.1) is 0 Å². The molecule has 90 valence electrons. The van der Waals surface area contributed by atoms with Crippen LogP contribution in [0.25, 0.3) is 11.1 Å². The smallest absolute Gasteiger partial charge is 0.125 e. The van der Waals surface area contributed by atoms with E-state index in [-0.39, 0.29) is 0 Å². The predicted molar refractivity (Wildman–Crippen MR) is 68.1 cm³/mol. The molecule has 0 unspecified atom stereocenters. The molecule has 0 spiro atoms. The molecule has 17 heavy (non-hydrogen) atoms. The van der Waals surface area contributed by atoms with Crippen LogP contribution in [-0.4, -0.2) is 13.7 Å². The quantitative estimate of drug-likeness (QED) is 0.858. The first-order chi connectivity index (χ1) is 8.35. The molecule has 0 aliphatic carbocycles. The van der Waals surface area contributed by atoms with Crippen LogP contribution in [0.15, 0.2) is 41.0 Å². The zero-order valence-corrected chi connectivity index (χ0v) is 10.2. The number of methoxy groups -OCH3 is 1. The fourth-order valence-electron chi connectivity index (χ4n) is 1.74. The Balaban J connectivity index is 2.23. The van der Waals surface area contributed by atoms with Crippen molar-refractivity contribution in [2.24, 2.45) is 0 Å². The molecular formula is C14H17NO2. The Hall–Kier alpha value is -1.74. The van der Waals surface area contributed by atoms with Crippen LogP contribution in [0.4, 0.5) is 0 Å². The molecule has 2 rings (SSSR count). The summed E-state index contributed by atoms with van der Waals surface area (Å²) < 4.78 is 10.6. The standard InChI is InChI=1S/C14H17NO2/c1-3-15-10-14-13(8-9-17-14)11-4-6-12(16-2)7-5-11/h4-9,15H,3,10H2,1-2H3. The summed E-state index contributed by atoms with van der Waals surface area (Å²) in [6, 6.07) is 9.99. The Morgan fingerprint density at radius 1 is 1.18 bits per heavy atom. The van der Waals surface area contributed by atoms with Crippen LogP contribution in [-0.2, 0) is 6.54 Å². The van der Waals surface area contributed by atoms with E-state index in [1.54, 1.807) is 13.4 Å². The van der Waals surface area contributed by atoms with E-state index in [2.05, 4.69) is 12.2 Å². The van der Waals surface area contributed by atoms with Crippen LogP contribution in [0, 0.1) is 0 Å². The summed E-state index contributed by atoms with van der Waals surface area (Å²) in [4.78, 5) is 0. The van der Waals surface area contributed by atoms with Crippen molar-refractivity contribution in [2.45, 2.75) is 13.5 Å². The monoisotopic (exact) mass is 231 g/mol. The molecule has 0 saturated heterocycles. The molecule has 2 aromatic rings. The molecule has 0 saturated carbocycles. The molecule has 0 fully saturated rings. The number of ether oxygens (including phenoxy) is 1. The zero-order chi connectivity index (χ0) is 12.1. The largest absolute Gasteiger partial charge is 0.497 e. The van der Waals surface area contributed by atoms with Crippen LogP contribution in [0.1, 0.15) is 12.7 Å². The summed E-state index contributed by atoms with van der Waals surface area (Å²) in [7, 11) is 1.67. The van der Waals surface area contributed by atoms with Gasteiger partial charge in [0.05, 0.1) is 19.9 Å². The van der Waals surface area contributed by atoms with Crippen molar-refractivity contribution in [3.63, 3.8) is 0 Å². The summed E-state index contributed by atoms with van der Waals surface area (Å²) in [5.41, 5.74) is 2.28. The maximum absolute atomic E-state index is 5.48. The topological polar surface area (TPSA) is 34.4 Å². The molecule has 3 heteroatoms. The summed E-state index contributed by atoms with van der Waals surface area (Å²) >= 11 is 0. The van der Waals surface area contributed by atoms with Crippen molar-refractivity contribution < 1.29 is 9.15 Å². The van der Waals surface area contributed by atoms with Crippen molar-refractivity contribution in [1.82, 2.24) is 5.32 Å². The van der Waals surface area contributed by atoms with Gasteiger partial charge in [0.2, 0.25) is 0 Å². The molecule has 0 atom stereocenters. The first-order valence-electron chi connectivity index (χ1n) is 5.76. The van der Waals surface area contributed by atoms with Gasteiger partial charge in [-0.2, -0.15) is 0 Å². The number of hydrogen-bond donors (Lipinski definition) is 1. The van der Waals surface area contributed by atoms with Crippen LogP contribution >= 0.6 is 0 Å². The van der Waals surface area contributed by atoms with Gasteiger partial charge < -0.3 is 14.5 Å². The van der Waals surface area contributed by atoms with Gasteiger partial charge >= 0.3 is 0 Å². The molecule has 0 amide bonds. The summed E-state index contributed by atoms with van der Waals surface area (Å²) in [5, 5.41) is 3.26. The first-order valence-corrected chi connectivity index (χ1v) is 5.76. The average molecular weight is 231 g/mol. The highest BCUT2D eigenvalue weighted by Crippen LogP contribution is 2.26. The predicted octanol–water partition coefficient (Wildman–Crippen LogP) is 3.06. The van der Waals surface area contributed by atoms with Gasteiger partial charge in [0.25, 0.3) is 0 Å². The first kappa shape index (κ1) is 11.7. The maximum Gasteiger partial charge on any atom is 0.125 e. The maximum atomic E-state index is 5.48. The highest BCUT2D eigenvalue weighted by molar-refractivity contribution is 5.66. The Bertz CT molecular complexity index is 459.